The molecule has 2 N–H and O–H groups in total. The zero-order chi connectivity index (χ0) is 18.9. The molecule has 0 amide bonds. The van der Waals surface area contributed by atoms with Gasteiger partial charge >= 0.3 is 0 Å². The van der Waals surface area contributed by atoms with Crippen molar-refractivity contribution in [1.29, 1.82) is 0 Å². The highest BCUT2D eigenvalue weighted by molar-refractivity contribution is 8.17. The lowest BCUT2D eigenvalue weighted by Gasteiger charge is -2.24. The molecular weight excluding hydrogens is 338 g/mol. The van der Waals surface area contributed by atoms with Crippen LogP contribution in [0.15, 0.2) is 52.1 Å². The Morgan fingerprint density at radius 2 is 1.81 bits per heavy atom. The maximum absolute atomic E-state index is 4.61. The molecule has 0 atom stereocenters. The van der Waals surface area contributed by atoms with E-state index in [1.807, 2.05) is 14.1 Å². The molecule has 0 saturated heterocycles. The number of thioether (sulfide) groups is 1. The summed E-state index contributed by atoms with van der Waals surface area (Å²) in [6, 6.07) is 8.50. The van der Waals surface area contributed by atoms with Gasteiger partial charge in [0.15, 0.2) is 0 Å². The Morgan fingerprint density at radius 3 is 2.35 bits per heavy atom. The molecule has 0 aliphatic heterocycles. The number of allylic oxidation sites excluding steroid dienone is 2. The van der Waals surface area contributed by atoms with Gasteiger partial charge in [0.1, 0.15) is 0 Å². The van der Waals surface area contributed by atoms with Gasteiger partial charge in [0.25, 0.3) is 0 Å². The zero-order valence-electron chi connectivity index (χ0n) is 16.7. The SMILES string of the molecule is C=C(Cc1ccc(NC)cc1)NC(S/C(=N\C)C1CCCCC1)=C(C)C. The highest BCUT2D eigenvalue weighted by Crippen LogP contribution is 2.32. The van der Waals surface area contributed by atoms with Crippen LogP contribution >= 0.6 is 11.8 Å². The lowest BCUT2D eigenvalue weighted by molar-refractivity contribution is 0.443. The Kier molecular flexibility index (Phi) is 8.30. The van der Waals surface area contributed by atoms with Gasteiger partial charge in [-0.2, -0.15) is 0 Å². The lowest BCUT2D eigenvalue weighted by Crippen LogP contribution is -2.19. The van der Waals surface area contributed by atoms with Crippen molar-refractivity contribution in [3.63, 3.8) is 0 Å². The van der Waals surface area contributed by atoms with Crippen LogP contribution in [-0.4, -0.2) is 19.1 Å². The molecule has 0 heterocycles. The summed E-state index contributed by atoms with van der Waals surface area (Å²) < 4.78 is 0. The van der Waals surface area contributed by atoms with Crippen molar-refractivity contribution < 1.29 is 0 Å². The highest BCUT2D eigenvalue weighted by atomic mass is 32.2. The first-order valence-electron chi connectivity index (χ1n) is 9.57. The first-order chi connectivity index (χ1) is 12.5. The smallest absolute Gasteiger partial charge is 0.0769 e. The molecule has 1 aromatic carbocycles. The van der Waals surface area contributed by atoms with Gasteiger partial charge < -0.3 is 10.6 Å². The molecule has 1 aromatic rings. The van der Waals surface area contributed by atoms with Crippen LogP contribution in [-0.2, 0) is 6.42 Å². The fourth-order valence-electron chi connectivity index (χ4n) is 3.26. The number of benzene rings is 1. The Hall–Kier alpha value is -1.68. The number of nitrogens with zero attached hydrogens (tertiary/aromatic N) is 1. The number of nitrogens with one attached hydrogen (secondary N) is 2. The third-order valence-electron chi connectivity index (χ3n) is 4.79. The van der Waals surface area contributed by atoms with Gasteiger partial charge in [-0.1, -0.05) is 49.7 Å². The number of hydrogen-bond acceptors (Lipinski definition) is 4. The van der Waals surface area contributed by atoms with E-state index in [4.69, 9.17) is 0 Å². The van der Waals surface area contributed by atoms with Gasteiger partial charge in [0, 0.05) is 37.8 Å². The topological polar surface area (TPSA) is 36.4 Å². The Morgan fingerprint density at radius 1 is 1.15 bits per heavy atom. The summed E-state index contributed by atoms with van der Waals surface area (Å²) in [5.41, 5.74) is 4.68. The molecule has 26 heavy (non-hydrogen) atoms. The molecule has 2 rings (SSSR count). The summed E-state index contributed by atoms with van der Waals surface area (Å²) in [6.07, 6.45) is 7.40. The number of aliphatic imine (C=N–C) groups is 1. The van der Waals surface area contributed by atoms with E-state index in [1.54, 1.807) is 11.8 Å². The third-order valence-corrected chi connectivity index (χ3v) is 6.23. The van der Waals surface area contributed by atoms with Crippen LogP contribution in [0.5, 0.6) is 0 Å². The van der Waals surface area contributed by atoms with Crippen LogP contribution in [0.4, 0.5) is 5.69 Å². The van der Waals surface area contributed by atoms with Crippen LogP contribution in [0.1, 0.15) is 51.5 Å². The van der Waals surface area contributed by atoms with Crippen LogP contribution in [0.3, 0.4) is 0 Å². The molecule has 0 radical (unpaired) electrons. The third kappa shape index (κ3) is 6.24. The Labute approximate surface area is 163 Å². The lowest BCUT2D eigenvalue weighted by atomic mass is 9.90. The molecule has 4 heteroatoms. The standard InChI is InChI=1S/C22H33N3S/c1-16(2)21(26-22(24-5)19-9-7-6-8-10-19)25-17(3)15-18-11-13-20(23-4)14-12-18/h11-14,19,23,25H,3,6-10,15H2,1-2,4-5H3/b24-22-. The quantitative estimate of drug-likeness (QED) is 0.458. The average Bonchev–Trinajstić information content (AvgIpc) is 2.66. The molecule has 0 bridgehead atoms. The number of anilines is 1. The van der Waals surface area contributed by atoms with Gasteiger partial charge in [0.05, 0.1) is 10.1 Å². The summed E-state index contributed by atoms with van der Waals surface area (Å²) in [5.74, 6) is 0.622. The van der Waals surface area contributed by atoms with Crippen LogP contribution in [0, 0.1) is 5.92 Å². The maximum Gasteiger partial charge on any atom is 0.0769 e. The van der Waals surface area contributed by atoms with Crippen LogP contribution < -0.4 is 10.6 Å². The summed E-state index contributed by atoms with van der Waals surface area (Å²) >= 11 is 1.80. The van der Waals surface area contributed by atoms with Crippen molar-refractivity contribution in [3.8, 4) is 0 Å². The van der Waals surface area contributed by atoms with Crippen LogP contribution in [0.2, 0.25) is 0 Å². The first-order valence-corrected chi connectivity index (χ1v) is 10.4. The molecule has 1 aliphatic rings. The molecule has 3 nitrogen and oxygen atoms in total. The van der Waals surface area contributed by atoms with E-state index < -0.39 is 0 Å². The van der Waals surface area contributed by atoms with Crippen molar-refractivity contribution in [2.24, 2.45) is 10.9 Å². The minimum Gasteiger partial charge on any atom is -0.388 e. The van der Waals surface area contributed by atoms with Crippen molar-refractivity contribution >= 4 is 22.5 Å². The van der Waals surface area contributed by atoms with E-state index in [0.29, 0.717) is 5.92 Å². The van der Waals surface area contributed by atoms with E-state index >= 15 is 0 Å². The van der Waals surface area contributed by atoms with Crippen LogP contribution in [0.25, 0.3) is 0 Å². The normalized spacial score (nSPS) is 15.5. The molecule has 1 aliphatic carbocycles. The maximum atomic E-state index is 4.61. The van der Waals surface area contributed by atoms with Gasteiger partial charge in [-0.25, -0.2) is 0 Å². The number of rotatable bonds is 7. The van der Waals surface area contributed by atoms with Crippen molar-refractivity contribution in [2.75, 3.05) is 19.4 Å². The molecule has 0 aromatic heterocycles. The second-order valence-electron chi connectivity index (χ2n) is 7.18. The fraction of sp³-hybridized carbons (Fsp3) is 0.500. The molecular formula is C22H33N3S. The predicted octanol–water partition coefficient (Wildman–Crippen LogP) is 5.97. The van der Waals surface area contributed by atoms with E-state index in [1.165, 1.54) is 53.3 Å². The second kappa shape index (κ2) is 10.5. The zero-order valence-corrected chi connectivity index (χ0v) is 17.5. The van der Waals surface area contributed by atoms with Gasteiger partial charge in [-0.15, -0.1) is 0 Å². The van der Waals surface area contributed by atoms with Gasteiger partial charge in [-0.05, 0) is 50.0 Å². The average molecular weight is 372 g/mol. The van der Waals surface area contributed by atoms with E-state index in [0.717, 1.165) is 17.8 Å². The Bertz CT molecular complexity index is 648. The number of hydrogen-bond donors (Lipinski definition) is 2. The minimum absolute atomic E-state index is 0.622. The summed E-state index contributed by atoms with van der Waals surface area (Å²) in [4.78, 5) is 4.61. The highest BCUT2D eigenvalue weighted by Gasteiger charge is 2.21. The summed E-state index contributed by atoms with van der Waals surface area (Å²) in [5, 5.41) is 9.14. The van der Waals surface area contributed by atoms with Crippen molar-refractivity contribution in [1.82, 2.24) is 5.32 Å². The monoisotopic (exact) mass is 371 g/mol. The van der Waals surface area contributed by atoms with E-state index in [-0.39, 0.29) is 0 Å². The van der Waals surface area contributed by atoms with Gasteiger partial charge in [0.2, 0.25) is 0 Å². The second-order valence-corrected chi connectivity index (χ2v) is 8.21. The molecule has 1 saturated carbocycles. The predicted molar refractivity (Wildman–Crippen MR) is 118 cm³/mol. The van der Waals surface area contributed by atoms with Crippen molar-refractivity contribution in [3.05, 3.63) is 52.7 Å². The van der Waals surface area contributed by atoms with E-state index in [9.17, 15) is 0 Å². The van der Waals surface area contributed by atoms with Gasteiger partial charge in [-0.3, -0.25) is 4.99 Å². The summed E-state index contributed by atoms with van der Waals surface area (Å²) in [6.45, 7) is 8.55. The molecule has 142 valence electrons. The molecule has 0 spiro atoms. The van der Waals surface area contributed by atoms with Crippen molar-refractivity contribution in [2.45, 2.75) is 52.4 Å². The minimum atomic E-state index is 0.622. The fourth-order valence-corrected chi connectivity index (χ4v) is 4.36. The Balaban J connectivity index is 1.98. The first kappa shape index (κ1) is 20.6. The molecule has 0 unspecified atom stereocenters. The summed E-state index contributed by atoms with van der Waals surface area (Å²) in [7, 11) is 3.87. The van der Waals surface area contributed by atoms with E-state index in [2.05, 4.69) is 60.3 Å². The largest absolute Gasteiger partial charge is 0.388 e. The molecule has 1 fully saturated rings.